The zero-order valence-electron chi connectivity index (χ0n) is 12.2. The summed E-state index contributed by atoms with van der Waals surface area (Å²) in [5.41, 5.74) is -0.915. The zero-order chi connectivity index (χ0) is 17.2. The predicted octanol–water partition coefficient (Wildman–Crippen LogP) is 4.45. The molecule has 0 atom stereocenters. The van der Waals surface area contributed by atoms with E-state index in [0.29, 0.717) is 4.88 Å². The molecule has 122 valence electrons. The molecule has 0 saturated heterocycles. The van der Waals surface area contributed by atoms with E-state index in [-0.39, 0.29) is 16.6 Å². The lowest BCUT2D eigenvalue weighted by Gasteiger charge is -2.25. The largest absolute Gasteiger partial charge is 0.337 e. The minimum absolute atomic E-state index is 0.0289. The second-order valence-electron chi connectivity index (χ2n) is 5.27. The number of thiophene rings is 1. The molecule has 23 heavy (non-hydrogen) atoms. The van der Waals surface area contributed by atoms with Crippen molar-refractivity contribution in [2.45, 2.75) is 19.4 Å². The fourth-order valence-corrected chi connectivity index (χ4v) is 3.10. The minimum atomic E-state index is -1.18. The van der Waals surface area contributed by atoms with Gasteiger partial charge in [-0.15, -0.1) is 11.3 Å². The Kier molecular flexibility index (Phi) is 5.44. The Labute approximate surface area is 150 Å². The van der Waals surface area contributed by atoms with Crippen molar-refractivity contribution in [1.29, 1.82) is 0 Å². The topological polar surface area (TPSA) is 58.2 Å². The Bertz CT molecular complexity index is 764. The van der Waals surface area contributed by atoms with Crippen LogP contribution >= 0.6 is 38.9 Å². The maximum absolute atomic E-state index is 13.4. The third-order valence-corrected chi connectivity index (χ3v) is 4.90. The summed E-state index contributed by atoms with van der Waals surface area (Å²) in [7, 11) is 0. The maximum atomic E-state index is 13.4. The van der Waals surface area contributed by atoms with E-state index in [9.17, 15) is 14.0 Å². The first-order valence-electron chi connectivity index (χ1n) is 6.53. The molecular weight excluding hydrogens is 407 g/mol. The van der Waals surface area contributed by atoms with Gasteiger partial charge in [-0.1, -0.05) is 11.6 Å². The van der Waals surface area contributed by atoms with Crippen LogP contribution in [0.3, 0.4) is 0 Å². The van der Waals surface area contributed by atoms with Gasteiger partial charge in [0.25, 0.3) is 5.91 Å². The van der Waals surface area contributed by atoms with Crippen LogP contribution in [-0.2, 0) is 4.79 Å². The molecule has 8 heteroatoms. The number of halogens is 3. The summed E-state index contributed by atoms with van der Waals surface area (Å²) in [6, 6.07) is 7.36. The molecule has 0 fully saturated rings. The van der Waals surface area contributed by atoms with E-state index in [0.717, 1.165) is 9.85 Å². The molecule has 2 rings (SSSR count). The quantitative estimate of drug-likeness (QED) is 0.769. The Balaban J connectivity index is 2.07. The standard InChI is InChI=1S/C15H13BrClFN2O2S/c1-15(2,20-13(21)11-5-6-12(16)23-11)14(22)19-8-3-4-9(17)10(18)7-8/h3-7H,1-2H3,(H,19,22)(H,20,21). The number of amides is 2. The van der Waals surface area contributed by atoms with Crippen LogP contribution in [0.1, 0.15) is 23.5 Å². The summed E-state index contributed by atoms with van der Waals surface area (Å²) in [5.74, 6) is -1.46. The molecule has 0 saturated carbocycles. The molecule has 2 amide bonds. The van der Waals surface area contributed by atoms with Crippen molar-refractivity contribution in [2.24, 2.45) is 0 Å². The first-order chi connectivity index (χ1) is 10.7. The summed E-state index contributed by atoms with van der Waals surface area (Å²) in [6.45, 7) is 3.13. The summed E-state index contributed by atoms with van der Waals surface area (Å²) < 4.78 is 14.2. The van der Waals surface area contributed by atoms with E-state index in [1.54, 1.807) is 26.0 Å². The van der Waals surface area contributed by atoms with E-state index in [1.807, 2.05) is 0 Å². The Hall–Kier alpha value is -1.44. The Morgan fingerprint density at radius 2 is 1.96 bits per heavy atom. The number of carbonyl (C=O) groups is 2. The number of hydrogen-bond donors (Lipinski definition) is 2. The summed E-state index contributed by atoms with van der Waals surface area (Å²) in [4.78, 5) is 24.9. The SMILES string of the molecule is CC(C)(NC(=O)c1ccc(Br)s1)C(=O)Nc1ccc(Cl)c(F)c1. The molecule has 0 aliphatic rings. The molecular formula is C15H13BrClFN2O2S. The number of rotatable bonds is 4. The molecule has 0 aliphatic carbocycles. The van der Waals surface area contributed by atoms with Gasteiger partial charge in [-0.3, -0.25) is 9.59 Å². The van der Waals surface area contributed by atoms with Gasteiger partial charge in [0, 0.05) is 5.69 Å². The highest BCUT2D eigenvalue weighted by Crippen LogP contribution is 2.23. The summed E-state index contributed by atoms with van der Waals surface area (Å²) >= 11 is 10.1. The number of hydrogen-bond acceptors (Lipinski definition) is 3. The van der Waals surface area contributed by atoms with E-state index >= 15 is 0 Å². The molecule has 1 heterocycles. The van der Waals surface area contributed by atoms with Gasteiger partial charge in [0.2, 0.25) is 5.91 Å². The first-order valence-corrected chi connectivity index (χ1v) is 8.52. The smallest absolute Gasteiger partial charge is 0.262 e. The van der Waals surface area contributed by atoms with Crippen molar-refractivity contribution in [3.8, 4) is 0 Å². The second kappa shape index (κ2) is 6.98. The first kappa shape index (κ1) is 17.9. The molecule has 1 aromatic heterocycles. The molecule has 2 N–H and O–H groups in total. The normalized spacial score (nSPS) is 11.2. The fourth-order valence-electron chi connectivity index (χ4n) is 1.70. The summed E-state index contributed by atoms with van der Waals surface area (Å²) in [6.07, 6.45) is 0. The predicted molar refractivity (Wildman–Crippen MR) is 93.6 cm³/mol. The monoisotopic (exact) mass is 418 g/mol. The van der Waals surface area contributed by atoms with Crippen LogP contribution in [0, 0.1) is 5.82 Å². The van der Waals surface area contributed by atoms with E-state index < -0.39 is 17.3 Å². The Morgan fingerprint density at radius 1 is 1.26 bits per heavy atom. The fraction of sp³-hybridized carbons (Fsp3) is 0.200. The van der Waals surface area contributed by atoms with Crippen molar-refractivity contribution < 1.29 is 14.0 Å². The lowest BCUT2D eigenvalue weighted by molar-refractivity contribution is -0.120. The summed E-state index contributed by atoms with van der Waals surface area (Å²) in [5, 5.41) is 5.18. The third-order valence-electron chi connectivity index (χ3n) is 2.97. The van der Waals surface area contributed by atoms with Crippen molar-refractivity contribution in [1.82, 2.24) is 5.32 Å². The molecule has 0 spiro atoms. The highest BCUT2D eigenvalue weighted by atomic mass is 79.9. The second-order valence-corrected chi connectivity index (χ2v) is 8.14. The number of carbonyl (C=O) groups excluding carboxylic acids is 2. The molecule has 1 aromatic carbocycles. The van der Waals surface area contributed by atoms with Crippen LogP contribution in [0.4, 0.5) is 10.1 Å². The molecule has 0 bridgehead atoms. The molecule has 0 unspecified atom stereocenters. The zero-order valence-corrected chi connectivity index (χ0v) is 15.4. The highest BCUT2D eigenvalue weighted by molar-refractivity contribution is 9.11. The number of benzene rings is 1. The van der Waals surface area contributed by atoms with Gasteiger partial charge in [-0.25, -0.2) is 4.39 Å². The van der Waals surface area contributed by atoms with Gasteiger partial charge >= 0.3 is 0 Å². The van der Waals surface area contributed by atoms with E-state index in [2.05, 4.69) is 26.6 Å². The lowest BCUT2D eigenvalue weighted by atomic mass is 10.0. The highest BCUT2D eigenvalue weighted by Gasteiger charge is 2.30. The van der Waals surface area contributed by atoms with Gasteiger partial charge in [0.05, 0.1) is 13.7 Å². The van der Waals surface area contributed by atoms with Crippen molar-refractivity contribution in [2.75, 3.05) is 5.32 Å². The van der Waals surface area contributed by atoms with Gasteiger partial charge in [-0.05, 0) is 60.1 Å². The van der Waals surface area contributed by atoms with E-state index in [4.69, 9.17) is 11.6 Å². The molecule has 0 aliphatic heterocycles. The maximum Gasteiger partial charge on any atom is 0.262 e. The third kappa shape index (κ3) is 4.53. The lowest BCUT2D eigenvalue weighted by Crippen LogP contribution is -2.52. The van der Waals surface area contributed by atoms with Gasteiger partial charge in [0.1, 0.15) is 11.4 Å². The van der Waals surface area contributed by atoms with Gasteiger partial charge in [0.15, 0.2) is 0 Å². The van der Waals surface area contributed by atoms with Crippen LogP contribution in [0.25, 0.3) is 0 Å². The van der Waals surface area contributed by atoms with Crippen LogP contribution in [-0.4, -0.2) is 17.4 Å². The Morgan fingerprint density at radius 3 is 2.52 bits per heavy atom. The minimum Gasteiger partial charge on any atom is -0.337 e. The van der Waals surface area contributed by atoms with Gasteiger partial charge in [-0.2, -0.15) is 0 Å². The van der Waals surface area contributed by atoms with Crippen LogP contribution < -0.4 is 10.6 Å². The molecule has 0 radical (unpaired) electrons. The van der Waals surface area contributed by atoms with Crippen molar-refractivity contribution >= 4 is 56.4 Å². The van der Waals surface area contributed by atoms with Crippen molar-refractivity contribution in [3.05, 3.63) is 49.8 Å². The van der Waals surface area contributed by atoms with E-state index in [1.165, 1.54) is 23.5 Å². The van der Waals surface area contributed by atoms with Crippen LogP contribution in [0.2, 0.25) is 5.02 Å². The van der Waals surface area contributed by atoms with Crippen molar-refractivity contribution in [3.63, 3.8) is 0 Å². The van der Waals surface area contributed by atoms with Gasteiger partial charge < -0.3 is 10.6 Å². The number of anilines is 1. The molecule has 2 aromatic rings. The molecule has 4 nitrogen and oxygen atoms in total. The van der Waals surface area contributed by atoms with Crippen LogP contribution in [0.15, 0.2) is 34.1 Å². The average Bonchev–Trinajstić information content (AvgIpc) is 2.89. The van der Waals surface area contributed by atoms with Crippen LogP contribution in [0.5, 0.6) is 0 Å². The number of nitrogens with one attached hydrogen (secondary N) is 2. The average molecular weight is 420 g/mol.